The highest BCUT2D eigenvalue weighted by Gasteiger charge is 2.54. The van der Waals surface area contributed by atoms with Crippen molar-refractivity contribution in [3.05, 3.63) is 46.3 Å². The van der Waals surface area contributed by atoms with E-state index in [1.54, 1.807) is 0 Å². The molecule has 0 bridgehead atoms. The predicted octanol–water partition coefficient (Wildman–Crippen LogP) is 3.82. The molecule has 1 saturated carbocycles. The minimum atomic E-state index is -0.0595. The summed E-state index contributed by atoms with van der Waals surface area (Å²) >= 11 is 0. The Hall–Kier alpha value is -2.30. The third-order valence-corrected chi connectivity index (χ3v) is 7.60. The molecule has 5 rings (SSSR count). The van der Waals surface area contributed by atoms with Gasteiger partial charge in [-0.25, -0.2) is 0 Å². The number of aryl methyl sites for hydroxylation is 1. The number of rotatable bonds is 2. The van der Waals surface area contributed by atoms with E-state index in [0.29, 0.717) is 29.2 Å². The molecule has 5 heteroatoms. The van der Waals surface area contributed by atoms with E-state index in [0.717, 1.165) is 37.7 Å². The number of aromatic nitrogens is 2. The molecule has 3 aliphatic rings. The van der Waals surface area contributed by atoms with Gasteiger partial charge in [0.2, 0.25) is 0 Å². The van der Waals surface area contributed by atoms with E-state index in [9.17, 15) is 9.90 Å². The van der Waals surface area contributed by atoms with Gasteiger partial charge in [0.15, 0.2) is 5.69 Å². The number of nitrogens with zero attached hydrogens (tertiary/aromatic N) is 1. The number of H-pyrrole nitrogens is 1. The summed E-state index contributed by atoms with van der Waals surface area (Å²) in [6.45, 7) is 6.33. The first-order valence-electron chi connectivity index (χ1n) is 10.6. The predicted molar refractivity (Wildman–Crippen MR) is 108 cm³/mol. The van der Waals surface area contributed by atoms with Gasteiger partial charge in [-0.2, -0.15) is 5.10 Å². The number of carbonyl (C=O) groups is 1. The number of hydrogen-bond acceptors (Lipinski definition) is 3. The van der Waals surface area contributed by atoms with Gasteiger partial charge in [-0.05, 0) is 87.0 Å². The fraction of sp³-hybridized carbons (Fsp3) is 0.565. The van der Waals surface area contributed by atoms with Gasteiger partial charge in [0.05, 0.1) is 0 Å². The van der Waals surface area contributed by atoms with Crippen LogP contribution in [0.3, 0.4) is 0 Å². The van der Waals surface area contributed by atoms with Crippen LogP contribution in [0.15, 0.2) is 18.2 Å². The van der Waals surface area contributed by atoms with Crippen molar-refractivity contribution in [2.24, 2.45) is 11.8 Å². The van der Waals surface area contributed by atoms with E-state index in [4.69, 9.17) is 0 Å². The van der Waals surface area contributed by atoms with Crippen molar-refractivity contribution in [3.8, 4) is 5.75 Å². The number of benzene rings is 1. The van der Waals surface area contributed by atoms with Crippen LogP contribution in [0.2, 0.25) is 0 Å². The van der Waals surface area contributed by atoms with E-state index in [1.165, 1.54) is 16.8 Å². The van der Waals surface area contributed by atoms with Gasteiger partial charge in [0, 0.05) is 22.7 Å². The Morgan fingerprint density at radius 2 is 2.18 bits per heavy atom. The Morgan fingerprint density at radius 3 is 2.96 bits per heavy atom. The maximum absolute atomic E-state index is 12.6. The van der Waals surface area contributed by atoms with Gasteiger partial charge in [-0.1, -0.05) is 13.0 Å². The number of fused-ring (bicyclic) bond motifs is 7. The Balaban J connectivity index is 1.49. The number of phenolic OH excluding ortho intramolecular Hbond substituents is 1. The fourth-order valence-corrected chi connectivity index (χ4v) is 6.35. The Labute approximate surface area is 165 Å². The molecule has 1 amide bonds. The van der Waals surface area contributed by atoms with E-state index in [1.807, 2.05) is 26.0 Å². The molecule has 4 unspecified atom stereocenters. The highest BCUT2D eigenvalue weighted by molar-refractivity contribution is 5.94. The lowest BCUT2D eigenvalue weighted by Crippen LogP contribution is -2.43. The monoisotopic (exact) mass is 379 g/mol. The van der Waals surface area contributed by atoms with E-state index in [2.05, 4.69) is 28.5 Å². The molecule has 0 spiro atoms. The fourth-order valence-electron chi connectivity index (χ4n) is 6.35. The molecule has 1 aromatic heterocycles. The van der Waals surface area contributed by atoms with Gasteiger partial charge in [-0.15, -0.1) is 0 Å². The molecular formula is C23H29N3O2. The third kappa shape index (κ3) is 2.44. The summed E-state index contributed by atoms with van der Waals surface area (Å²) in [6.07, 6.45) is 5.40. The average molecular weight is 380 g/mol. The summed E-state index contributed by atoms with van der Waals surface area (Å²) < 4.78 is 0. The lowest BCUT2D eigenvalue weighted by Gasteiger charge is -2.49. The quantitative estimate of drug-likeness (QED) is 0.742. The molecule has 5 nitrogen and oxygen atoms in total. The Bertz CT molecular complexity index is 947. The molecule has 1 fully saturated rings. The standard InChI is InChI=1S/C23H29N3O2/c1-12(2)24-22(28)20-18-11-19-17-6-4-13-10-14(27)5-7-15(13)16(17)8-9-23(19,3)21(18)26-25-20/h5,7,10,12,16-17,19,27H,4,6,8-9,11H2,1-3H3,(H,24,28)(H,25,26). The molecule has 4 atom stereocenters. The molecule has 1 aromatic carbocycles. The minimum absolute atomic E-state index is 0.0595. The number of hydrogen-bond donors (Lipinski definition) is 3. The van der Waals surface area contributed by atoms with E-state index in [-0.39, 0.29) is 17.4 Å². The summed E-state index contributed by atoms with van der Waals surface area (Å²) in [5.41, 5.74) is 5.76. The molecule has 0 aliphatic heterocycles. The zero-order valence-electron chi connectivity index (χ0n) is 16.9. The first-order chi connectivity index (χ1) is 13.4. The van der Waals surface area contributed by atoms with Gasteiger partial charge >= 0.3 is 0 Å². The van der Waals surface area contributed by atoms with Crippen molar-refractivity contribution in [2.45, 2.75) is 70.3 Å². The van der Waals surface area contributed by atoms with Crippen molar-refractivity contribution in [1.29, 1.82) is 0 Å². The van der Waals surface area contributed by atoms with Crippen molar-refractivity contribution >= 4 is 5.91 Å². The zero-order valence-corrected chi connectivity index (χ0v) is 16.9. The molecule has 1 heterocycles. The van der Waals surface area contributed by atoms with Crippen LogP contribution in [0.5, 0.6) is 5.75 Å². The highest BCUT2D eigenvalue weighted by Crippen LogP contribution is 2.60. The van der Waals surface area contributed by atoms with E-state index < -0.39 is 0 Å². The SMILES string of the molecule is CC(C)NC(=O)c1n[nH]c2c1CC1C3CCc4cc(O)ccc4C3CCC21C. The lowest BCUT2D eigenvalue weighted by molar-refractivity contribution is 0.0930. The Morgan fingerprint density at radius 1 is 1.36 bits per heavy atom. The van der Waals surface area contributed by atoms with Crippen LogP contribution in [0.25, 0.3) is 0 Å². The van der Waals surface area contributed by atoms with Crippen molar-refractivity contribution < 1.29 is 9.90 Å². The van der Waals surface area contributed by atoms with Gasteiger partial charge in [0.1, 0.15) is 5.75 Å². The van der Waals surface area contributed by atoms with Gasteiger partial charge < -0.3 is 10.4 Å². The largest absolute Gasteiger partial charge is 0.508 e. The third-order valence-electron chi connectivity index (χ3n) is 7.60. The highest BCUT2D eigenvalue weighted by atomic mass is 16.3. The maximum atomic E-state index is 12.6. The average Bonchev–Trinajstić information content (AvgIpc) is 3.18. The van der Waals surface area contributed by atoms with Gasteiger partial charge in [-0.3, -0.25) is 9.89 Å². The Kier molecular flexibility index (Phi) is 3.87. The van der Waals surface area contributed by atoms with Gasteiger partial charge in [0.25, 0.3) is 5.91 Å². The van der Waals surface area contributed by atoms with Crippen LogP contribution >= 0.6 is 0 Å². The number of aromatic hydroxyl groups is 1. The molecule has 3 N–H and O–H groups in total. The topological polar surface area (TPSA) is 78.0 Å². The van der Waals surface area contributed by atoms with Crippen molar-refractivity contribution in [1.82, 2.24) is 15.5 Å². The second kappa shape index (κ2) is 6.10. The number of carbonyl (C=O) groups excluding carboxylic acids is 1. The zero-order chi connectivity index (χ0) is 19.6. The number of aromatic amines is 1. The second-order valence-electron chi connectivity index (χ2n) is 9.51. The summed E-state index contributed by atoms with van der Waals surface area (Å²) in [4.78, 5) is 12.6. The van der Waals surface area contributed by atoms with Crippen LogP contribution in [-0.2, 0) is 18.3 Å². The molecule has 148 valence electrons. The molecule has 2 aromatic rings. The molecule has 0 saturated heterocycles. The maximum Gasteiger partial charge on any atom is 0.272 e. The molecular weight excluding hydrogens is 350 g/mol. The smallest absolute Gasteiger partial charge is 0.272 e. The van der Waals surface area contributed by atoms with Crippen LogP contribution in [-0.4, -0.2) is 27.3 Å². The van der Waals surface area contributed by atoms with Crippen molar-refractivity contribution in [2.75, 3.05) is 0 Å². The lowest BCUT2D eigenvalue weighted by atomic mass is 9.55. The van der Waals surface area contributed by atoms with Crippen LogP contribution in [0.1, 0.15) is 78.8 Å². The van der Waals surface area contributed by atoms with E-state index >= 15 is 0 Å². The van der Waals surface area contributed by atoms with Crippen LogP contribution in [0, 0.1) is 11.8 Å². The minimum Gasteiger partial charge on any atom is -0.508 e. The van der Waals surface area contributed by atoms with Crippen LogP contribution in [0.4, 0.5) is 0 Å². The van der Waals surface area contributed by atoms with Crippen molar-refractivity contribution in [3.63, 3.8) is 0 Å². The number of nitrogens with one attached hydrogen (secondary N) is 2. The number of amides is 1. The first kappa shape index (κ1) is 17.8. The molecule has 28 heavy (non-hydrogen) atoms. The van der Waals surface area contributed by atoms with Crippen LogP contribution < -0.4 is 5.32 Å². The normalized spacial score (nSPS) is 30.4. The first-order valence-corrected chi connectivity index (χ1v) is 10.6. The molecule has 3 aliphatic carbocycles. The number of phenols is 1. The molecule has 0 radical (unpaired) electrons. The summed E-state index contributed by atoms with van der Waals surface area (Å²) in [5, 5.41) is 20.5. The summed E-state index contributed by atoms with van der Waals surface area (Å²) in [6, 6.07) is 6.04. The summed E-state index contributed by atoms with van der Waals surface area (Å²) in [7, 11) is 0. The summed E-state index contributed by atoms with van der Waals surface area (Å²) in [5.74, 6) is 2.05. The second-order valence-corrected chi connectivity index (χ2v) is 9.51.